The predicted molar refractivity (Wildman–Crippen MR) is 81.2 cm³/mol. The van der Waals surface area contributed by atoms with Crippen LogP contribution in [-0.4, -0.2) is 42.5 Å². The van der Waals surface area contributed by atoms with E-state index in [0.29, 0.717) is 6.61 Å². The second kappa shape index (κ2) is 6.55. The molecular weight excluding hydrogens is 252 g/mol. The van der Waals surface area contributed by atoms with Gasteiger partial charge in [0.25, 0.3) is 0 Å². The Morgan fingerprint density at radius 3 is 2.50 bits per heavy atom. The molecule has 0 unspecified atom stereocenters. The number of hydrogen-bond donors (Lipinski definition) is 1. The van der Waals surface area contributed by atoms with E-state index >= 15 is 0 Å². The van der Waals surface area contributed by atoms with Gasteiger partial charge in [-0.25, -0.2) is 4.98 Å². The van der Waals surface area contributed by atoms with E-state index in [9.17, 15) is 0 Å². The summed E-state index contributed by atoms with van der Waals surface area (Å²) in [5, 5.41) is 8.77. The minimum Gasteiger partial charge on any atom is -0.394 e. The van der Waals surface area contributed by atoms with Crippen molar-refractivity contribution < 1.29 is 9.84 Å². The molecule has 0 bridgehead atoms. The number of ether oxygens (including phenoxy) is 1. The molecule has 0 atom stereocenters. The van der Waals surface area contributed by atoms with Crippen molar-refractivity contribution >= 4 is 5.82 Å². The minimum atomic E-state index is 0.107. The third-order valence-corrected chi connectivity index (χ3v) is 3.82. The van der Waals surface area contributed by atoms with E-state index in [1.807, 2.05) is 6.20 Å². The van der Waals surface area contributed by atoms with Crippen molar-refractivity contribution in [2.24, 2.45) is 0 Å². The van der Waals surface area contributed by atoms with Crippen molar-refractivity contribution in [2.75, 3.05) is 31.2 Å². The topological polar surface area (TPSA) is 45.6 Å². The molecule has 1 fully saturated rings. The maximum Gasteiger partial charge on any atom is 0.128 e. The van der Waals surface area contributed by atoms with Gasteiger partial charge in [0.1, 0.15) is 5.82 Å². The monoisotopic (exact) mass is 278 g/mol. The third-order valence-electron chi connectivity index (χ3n) is 3.82. The van der Waals surface area contributed by atoms with Crippen LogP contribution in [0.2, 0.25) is 0 Å². The Labute approximate surface area is 121 Å². The zero-order valence-corrected chi connectivity index (χ0v) is 12.8. The van der Waals surface area contributed by atoms with Crippen LogP contribution < -0.4 is 4.90 Å². The number of anilines is 1. The molecule has 112 valence electrons. The van der Waals surface area contributed by atoms with E-state index in [0.717, 1.165) is 31.7 Å². The first-order chi connectivity index (χ1) is 9.50. The highest BCUT2D eigenvalue weighted by molar-refractivity contribution is 5.40. The number of hydrogen-bond acceptors (Lipinski definition) is 4. The minimum absolute atomic E-state index is 0.107. The summed E-state index contributed by atoms with van der Waals surface area (Å²) < 4.78 is 5.58. The fraction of sp³-hybridized carbons (Fsp3) is 0.688. The van der Waals surface area contributed by atoms with Crippen molar-refractivity contribution in [1.82, 2.24) is 4.98 Å². The lowest BCUT2D eigenvalue weighted by Gasteiger charge is -2.33. The molecule has 1 aliphatic heterocycles. The summed E-state index contributed by atoms with van der Waals surface area (Å²) in [6.45, 7) is 9.10. The molecule has 1 aromatic heterocycles. The van der Waals surface area contributed by atoms with Gasteiger partial charge >= 0.3 is 0 Å². The standard InChI is InChI=1S/C16H26N2O2/c1-16(2,3)13-4-5-15(17-12-13)18-8-6-14(7-9-18)20-11-10-19/h4-5,12,14,19H,6-11H2,1-3H3. The number of aliphatic hydroxyl groups is 1. The molecule has 1 saturated heterocycles. The van der Waals surface area contributed by atoms with Gasteiger partial charge in [0, 0.05) is 19.3 Å². The predicted octanol–water partition coefficient (Wildman–Crippen LogP) is 2.36. The van der Waals surface area contributed by atoms with E-state index < -0.39 is 0 Å². The SMILES string of the molecule is CC(C)(C)c1ccc(N2CCC(OCCO)CC2)nc1. The summed E-state index contributed by atoms with van der Waals surface area (Å²) in [6, 6.07) is 4.30. The van der Waals surface area contributed by atoms with Crippen LogP contribution in [0, 0.1) is 0 Å². The lowest BCUT2D eigenvalue weighted by molar-refractivity contribution is 0.0158. The molecule has 0 amide bonds. The van der Waals surface area contributed by atoms with Gasteiger partial charge in [-0.15, -0.1) is 0 Å². The van der Waals surface area contributed by atoms with Crippen LogP contribution in [0.5, 0.6) is 0 Å². The van der Waals surface area contributed by atoms with Gasteiger partial charge < -0.3 is 14.7 Å². The fourth-order valence-electron chi connectivity index (χ4n) is 2.49. The van der Waals surface area contributed by atoms with Crippen LogP contribution in [0.4, 0.5) is 5.82 Å². The van der Waals surface area contributed by atoms with Crippen molar-refractivity contribution in [3.05, 3.63) is 23.9 Å². The van der Waals surface area contributed by atoms with E-state index in [1.165, 1.54) is 5.56 Å². The van der Waals surface area contributed by atoms with Crippen LogP contribution in [0.3, 0.4) is 0 Å². The molecule has 20 heavy (non-hydrogen) atoms. The molecule has 0 aliphatic carbocycles. The highest BCUT2D eigenvalue weighted by atomic mass is 16.5. The van der Waals surface area contributed by atoms with Crippen molar-refractivity contribution in [3.8, 4) is 0 Å². The number of rotatable bonds is 4. The maximum atomic E-state index is 8.77. The van der Waals surface area contributed by atoms with Gasteiger partial charge in [-0.05, 0) is 29.9 Å². The first kappa shape index (κ1) is 15.3. The summed E-state index contributed by atoms with van der Waals surface area (Å²) in [7, 11) is 0. The third kappa shape index (κ3) is 3.93. The molecule has 0 radical (unpaired) electrons. The largest absolute Gasteiger partial charge is 0.394 e. The first-order valence-corrected chi connectivity index (χ1v) is 7.44. The van der Waals surface area contributed by atoms with Crippen LogP contribution in [0.15, 0.2) is 18.3 Å². The smallest absolute Gasteiger partial charge is 0.128 e. The highest BCUT2D eigenvalue weighted by Gasteiger charge is 2.21. The number of aromatic nitrogens is 1. The van der Waals surface area contributed by atoms with Crippen LogP contribution in [-0.2, 0) is 10.2 Å². The van der Waals surface area contributed by atoms with E-state index in [4.69, 9.17) is 9.84 Å². The molecule has 4 nitrogen and oxygen atoms in total. The Balaban J connectivity index is 1.90. The van der Waals surface area contributed by atoms with E-state index in [1.54, 1.807) is 0 Å². The second-order valence-corrected chi connectivity index (χ2v) is 6.44. The average molecular weight is 278 g/mol. The second-order valence-electron chi connectivity index (χ2n) is 6.44. The summed E-state index contributed by atoms with van der Waals surface area (Å²) in [4.78, 5) is 6.91. The Kier molecular flexibility index (Phi) is 5.00. The average Bonchev–Trinajstić information content (AvgIpc) is 2.45. The van der Waals surface area contributed by atoms with Crippen LogP contribution in [0.1, 0.15) is 39.2 Å². The molecule has 0 aromatic carbocycles. The van der Waals surface area contributed by atoms with Gasteiger partial charge in [-0.1, -0.05) is 26.8 Å². The first-order valence-electron chi connectivity index (χ1n) is 7.44. The lowest BCUT2D eigenvalue weighted by atomic mass is 9.88. The van der Waals surface area contributed by atoms with Crippen molar-refractivity contribution in [3.63, 3.8) is 0 Å². The summed E-state index contributed by atoms with van der Waals surface area (Å²) in [5.41, 5.74) is 1.42. The fourth-order valence-corrected chi connectivity index (χ4v) is 2.49. The van der Waals surface area contributed by atoms with Gasteiger partial charge in [-0.2, -0.15) is 0 Å². The zero-order valence-electron chi connectivity index (χ0n) is 12.8. The molecule has 2 rings (SSSR count). The van der Waals surface area contributed by atoms with Gasteiger partial charge in [0.05, 0.1) is 19.3 Å². The van der Waals surface area contributed by atoms with Crippen molar-refractivity contribution in [2.45, 2.75) is 45.1 Å². The van der Waals surface area contributed by atoms with Gasteiger partial charge in [0.2, 0.25) is 0 Å². The lowest BCUT2D eigenvalue weighted by Crippen LogP contribution is -2.37. The quantitative estimate of drug-likeness (QED) is 0.918. The molecular formula is C16H26N2O2. The van der Waals surface area contributed by atoms with Crippen LogP contribution >= 0.6 is 0 Å². The zero-order chi connectivity index (χ0) is 14.6. The number of aliphatic hydroxyl groups excluding tert-OH is 1. The molecule has 2 heterocycles. The molecule has 1 aliphatic rings. The Morgan fingerprint density at radius 1 is 1.30 bits per heavy atom. The van der Waals surface area contributed by atoms with E-state index in [2.05, 4.69) is 42.8 Å². The van der Waals surface area contributed by atoms with Gasteiger partial charge in [0.15, 0.2) is 0 Å². The molecule has 0 spiro atoms. The normalized spacial score (nSPS) is 17.5. The maximum absolute atomic E-state index is 8.77. The number of pyridine rings is 1. The van der Waals surface area contributed by atoms with Crippen LogP contribution in [0.25, 0.3) is 0 Å². The summed E-state index contributed by atoms with van der Waals surface area (Å²) in [5.74, 6) is 1.05. The molecule has 1 N–H and O–H groups in total. The van der Waals surface area contributed by atoms with E-state index in [-0.39, 0.29) is 18.1 Å². The van der Waals surface area contributed by atoms with Crippen molar-refractivity contribution in [1.29, 1.82) is 0 Å². The number of nitrogens with zero attached hydrogens (tertiary/aromatic N) is 2. The molecule has 1 aromatic rings. The molecule has 4 heteroatoms. The summed E-state index contributed by atoms with van der Waals surface area (Å²) >= 11 is 0. The number of piperidine rings is 1. The Bertz CT molecular complexity index is 403. The highest BCUT2D eigenvalue weighted by Crippen LogP contribution is 2.24. The Hall–Kier alpha value is -1.13. The molecule has 0 saturated carbocycles. The summed E-state index contributed by atoms with van der Waals surface area (Å²) in [6.07, 6.45) is 4.28. The van der Waals surface area contributed by atoms with Gasteiger partial charge in [-0.3, -0.25) is 0 Å². The Morgan fingerprint density at radius 2 is 2.00 bits per heavy atom.